The van der Waals surface area contributed by atoms with Crippen molar-refractivity contribution in [3.63, 3.8) is 0 Å². The van der Waals surface area contributed by atoms with E-state index in [1.807, 2.05) is 31.2 Å². The molecule has 0 bridgehead atoms. The highest BCUT2D eigenvalue weighted by Crippen LogP contribution is 2.29. The van der Waals surface area contributed by atoms with Gasteiger partial charge in [-0.15, -0.1) is 11.8 Å². The smallest absolute Gasteiger partial charge is 0.320 e. The van der Waals surface area contributed by atoms with Crippen molar-refractivity contribution in [3.05, 3.63) is 42.5 Å². The molecule has 0 N–H and O–H groups in total. The van der Waals surface area contributed by atoms with Crippen LogP contribution in [0.3, 0.4) is 0 Å². The Morgan fingerprint density at radius 3 is 2.89 bits per heavy atom. The van der Waals surface area contributed by atoms with E-state index in [-0.39, 0.29) is 12.4 Å². The molecule has 6 heteroatoms. The number of benzene rings is 1. The summed E-state index contributed by atoms with van der Waals surface area (Å²) in [5.74, 6) is 1.83. The SMILES string of the molecule is CCSc1ccccc1OCc1nccn1C(F)F. The maximum Gasteiger partial charge on any atom is 0.320 e. The van der Waals surface area contributed by atoms with E-state index in [2.05, 4.69) is 4.98 Å². The molecule has 0 atom stereocenters. The monoisotopic (exact) mass is 284 g/mol. The van der Waals surface area contributed by atoms with Crippen LogP contribution >= 0.6 is 11.8 Å². The van der Waals surface area contributed by atoms with Gasteiger partial charge < -0.3 is 4.74 Å². The maximum absolute atomic E-state index is 12.6. The van der Waals surface area contributed by atoms with Gasteiger partial charge in [-0.2, -0.15) is 8.78 Å². The Kier molecular flexibility index (Phi) is 4.79. The molecule has 0 fully saturated rings. The molecule has 102 valence electrons. The molecular weight excluding hydrogens is 270 g/mol. The average molecular weight is 284 g/mol. The fourth-order valence-electron chi connectivity index (χ4n) is 1.62. The van der Waals surface area contributed by atoms with Crippen LogP contribution in [0.5, 0.6) is 5.75 Å². The Morgan fingerprint density at radius 2 is 2.16 bits per heavy atom. The molecule has 2 rings (SSSR count). The number of nitrogens with zero attached hydrogens (tertiary/aromatic N) is 2. The molecule has 1 aromatic carbocycles. The van der Waals surface area contributed by atoms with Crippen LogP contribution in [0.4, 0.5) is 8.78 Å². The molecule has 0 spiro atoms. The molecule has 3 nitrogen and oxygen atoms in total. The van der Waals surface area contributed by atoms with E-state index in [0.29, 0.717) is 5.75 Å². The minimum absolute atomic E-state index is 0.0264. The van der Waals surface area contributed by atoms with Gasteiger partial charge in [0, 0.05) is 17.3 Å². The zero-order valence-corrected chi connectivity index (χ0v) is 11.2. The van der Waals surface area contributed by atoms with E-state index >= 15 is 0 Å². The van der Waals surface area contributed by atoms with Crippen molar-refractivity contribution in [1.29, 1.82) is 0 Å². The van der Waals surface area contributed by atoms with Crippen LogP contribution in [-0.2, 0) is 6.61 Å². The largest absolute Gasteiger partial charge is 0.485 e. The average Bonchev–Trinajstić information content (AvgIpc) is 2.86. The highest BCUT2D eigenvalue weighted by molar-refractivity contribution is 7.99. The Morgan fingerprint density at radius 1 is 1.37 bits per heavy atom. The van der Waals surface area contributed by atoms with Gasteiger partial charge in [0.25, 0.3) is 0 Å². The molecule has 19 heavy (non-hydrogen) atoms. The molecule has 2 aromatic rings. The summed E-state index contributed by atoms with van der Waals surface area (Å²) in [4.78, 5) is 4.88. The summed E-state index contributed by atoms with van der Waals surface area (Å²) in [6.45, 7) is -0.523. The third-order valence-electron chi connectivity index (χ3n) is 2.46. The van der Waals surface area contributed by atoms with Gasteiger partial charge in [0.2, 0.25) is 0 Å². The molecule has 0 amide bonds. The minimum Gasteiger partial charge on any atom is -0.485 e. The quantitative estimate of drug-likeness (QED) is 0.751. The van der Waals surface area contributed by atoms with Crippen molar-refractivity contribution < 1.29 is 13.5 Å². The number of rotatable bonds is 6. The second-order valence-corrected chi connectivity index (χ2v) is 5.00. The highest BCUT2D eigenvalue weighted by Gasteiger charge is 2.12. The molecule has 0 saturated carbocycles. The lowest BCUT2D eigenvalue weighted by atomic mass is 10.3. The number of halogens is 2. The van der Waals surface area contributed by atoms with Crippen molar-refractivity contribution in [3.8, 4) is 5.75 Å². The predicted molar refractivity (Wildman–Crippen MR) is 70.7 cm³/mol. The van der Waals surface area contributed by atoms with E-state index in [1.165, 1.54) is 12.4 Å². The molecule has 0 radical (unpaired) electrons. The van der Waals surface area contributed by atoms with Crippen molar-refractivity contribution >= 4 is 11.8 Å². The summed E-state index contributed by atoms with van der Waals surface area (Å²) >= 11 is 1.65. The van der Waals surface area contributed by atoms with Crippen LogP contribution in [-0.4, -0.2) is 15.3 Å². The summed E-state index contributed by atoms with van der Waals surface area (Å²) in [5, 5.41) is 0. The molecule has 1 heterocycles. The number of alkyl halides is 2. The first-order valence-electron chi connectivity index (χ1n) is 5.87. The Balaban J connectivity index is 2.08. The van der Waals surface area contributed by atoms with E-state index in [4.69, 9.17) is 4.74 Å². The number of para-hydroxylation sites is 1. The molecule has 0 saturated heterocycles. The van der Waals surface area contributed by atoms with Crippen LogP contribution in [0.1, 0.15) is 19.3 Å². The molecular formula is C13H14F2N2OS. The second-order valence-electron chi connectivity index (χ2n) is 3.70. The fourth-order valence-corrected chi connectivity index (χ4v) is 2.37. The van der Waals surface area contributed by atoms with Gasteiger partial charge in [0.05, 0.1) is 0 Å². The highest BCUT2D eigenvalue weighted by atomic mass is 32.2. The van der Waals surface area contributed by atoms with Gasteiger partial charge in [-0.25, -0.2) is 4.98 Å². The summed E-state index contributed by atoms with van der Waals surface area (Å²) in [5.41, 5.74) is 0. The maximum atomic E-state index is 12.6. The van der Waals surface area contributed by atoms with Gasteiger partial charge >= 0.3 is 6.55 Å². The van der Waals surface area contributed by atoms with Crippen LogP contribution in [0.2, 0.25) is 0 Å². The third-order valence-corrected chi connectivity index (χ3v) is 3.40. The minimum atomic E-state index is -2.60. The summed E-state index contributed by atoms with van der Waals surface area (Å²) in [6.07, 6.45) is 2.59. The lowest BCUT2D eigenvalue weighted by molar-refractivity contribution is 0.0631. The number of imidazole rings is 1. The molecule has 0 unspecified atom stereocenters. The summed E-state index contributed by atoms with van der Waals surface area (Å²) < 4.78 is 31.7. The first-order valence-corrected chi connectivity index (χ1v) is 6.85. The predicted octanol–water partition coefficient (Wildman–Crippen LogP) is 3.97. The summed E-state index contributed by atoms with van der Waals surface area (Å²) in [7, 11) is 0. The lowest BCUT2D eigenvalue weighted by Gasteiger charge is -2.11. The number of thioether (sulfide) groups is 1. The molecule has 0 aliphatic carbocycles. The molecule has 0 aliphatic heterocycles. The standard InChI is InChI=1S/C13H14F2N2OS/c1-2-19-11-6-4-3-5-10(11)18-9-12-16-7-8-17(12)13(14)15/h3-8,13H,2,9H2,1H3. The van der Waals surface area contributed by atoms with Crippen LogP contribution in [0, 0.1) is 0 Å². The Labute approximate surface area is 114 Å². The fraction of sp³-hybridized carbons (Fsp3) is 0.308. The number of hydrogen-bond acceptors (Lipinski definition) is 3. The van der Waals surface area contributed by atoms with E-state index < -0.39 is 6.55 Å². The Hall–Kier alpha value is -1.56. The first kappa shape index (κ1) is 13.9. The summed E-state index contributed by atoms with van der Waals surface area (Å²) in [6, 6.07) is 7.55. The molecule has 1 aromatic heterocycles. The van der Waals surface area contributed by atoms with Crippen LogP contribution in [0.25, 0.3) is 0 Å². The number of hydrogen-bond donors (Lipinski definition) is 0. The van der Waals surface area contributed by atoms with Gasteiger partial charge in [-0.3, -0.25) is 4.57 Å². The van der Waals surface area contributed by atoms with Gasteiger partial charge in [-0.1, -0.05) is 19.1 Å². The Bertz CT molecular complexity index is 531. The van der Waals surface area contributed by atoms with Gasteiger partial charge in [0.1, 0.15) is 12.4 Å². The van der Waals surface area contributed by atoms with Crippen molar-refractivity contribution in [1.82, 2.24) is 9.55 Å². The van der Waals surface area contributed by atoms with Gasteiger partial charge in [-0.05, 0) is 17.9 Å². The van der Waals surface area contributed by atoms with Gasteiger partial charge in [0.15, 0.2) is 5.82 Å². The third kappa shape index (κ3) is 3.47. The van der Waals surface area contributed by atoms with E-state index in [1.54, 1.807) is 11.8 Å². The number of ether oxygens (including phenoxy) is 1. The number of aromatic nitrogens is 2. The topological polar surface area (TPSA) is 27.1 Å². The zero-order chi connectivity index (χ0) is 13.7. The second kappa shape index (κ2) is 6.56. The molecule has 0 aliphatic rings. The van der Waals surface area contributed by atoms with Crippen molar-refractivity contribution in [2.45, 2.75) is 25.0 Å². The first-order chi connectivity index (χ1) is 9.22. The van der Waals surface area contributed by atoms with E-state index in [0.717, 1.165) is 15.2 Å². The van der Waals surface area contributed by atoms with Crippen LogP contribution in [0.15, 0.2) is 41.6 Å². The normalized spacial score (nSPS) is 10.9. The lowest BCUT2D eigenvalue weighted by Crippen LogP contribution is -2.07. The van der Waals surface area contributed by atoms with E-state index in [9.17, 15) is 8.78 Å². The van der Waals surface area contributed by atoms with Crippen molar-refractivity contribution in [2.24, 2.45) is 0 Å². The zero-order valence-electron chi connectivity index (χ0n) is 10.4. The van der Waals surface area contributed by atoms with Crippen LogP contribution < -0.4 is 4.74 Å². The van der Waals surface area contributed by atoms with Crippen molar-refractivity contribution in [2.75, 3.05) is 5.75 Å².